The first-order valence-corrected chi connectivity index (χ1v) is 7.65. The van der Waals surface area contributed by atoms with Crippen molar-refractivity contribution < 1.29 is 9.47 Å². The highest BCUT2D eigenvalue weighted by Gasteiger charge is 2.33. The fraction of sp³-hybridized carbons (Fsp3) is 0.647. The third-order valence-electron chi connectivity index (χ3n) is 4.02. The summed E-state index contributed by atoms with van der Waals surface area (Å²) in [5.74, 6) is 0.908. The molecule has 0 radical (unpaired) electrons. The molecule has 2 atom stereocenters. The zero-order valence-corrected chi connectivity index (χ0v) is 12.9. The van der Waals surface area contributed by atoms with Crippen LogP contribution in [0.4, 0.5) is 0 Å². The van der Waals surface area contributed by atoms with Crippen molar-refractivity contribution in [2.24, 2.45) is 0 Å². The summed E-state index contributed by atoms with van der Waals surface area (Å²) >= 11 is 0. The summed E-state index contributed by atoms with van der Waals surface area (Å²) in [7, 11) is 1.70. The highest BCUT2D eigenvalue weighted by Crippen LogP contribution is 2.29. The van der Waals surface area contributed by atoms with Crippen LogP contribution in [-0.4, -0.2) is 31.9 Å². The minimum absolute atomic E-state index is 0.0573. The van der Waals surface area contributed by atoms with Crippen LogP contribution in [0.15, 0.2) is 24.3 Å². The van der Waals surface area contributed by atoms with Gasteiger partial charge in [-0.3, -0.25) is 0 Å². The van der Waals surface area contributed by atoms with Crippen molar-refractivity contribution in [3.8, 4) is 5.75 Å². The molecule has 2 unspecified atom stereocenters. The standard InChI is InChI=1S/C17H27NO2/c1-4-10-18-15-9-11-20-17(2,13-15)12-14-5-7-16(19-3)8-6-14/h5-8,15,18H,4,9-13H2,1-3H3. The molecule has 1 aliphatic heterocycles. The van der Waals surface area contributed by atoms with Crippen molar-refractivity contribution in [1.82, 2.24) is 5.32 Å². The molecule has 1 N–H and O–H groups in total. The van der Waals surface area contributed by atoms with Gasteiger partial charge in [0.05, 0.1) is 12.7 Å². The number of benzene rings is 1. The van der Waals surface area contributed by atoms with Crippen LogP contribution in [0.3, 0.4) is 0 Å². The number of hydrogen-bond acceptors (Lipinski definition) is 3. The normalized spacial score (nSPS) is 26.4. The van der Waals surface area contributed by atoms with Crippen molar-refractivity contribution >= 4 is 0 Å². The first-order chi connectivity index (χ1) is 9.65. The van der Waals surface area contributed by atoms with E-state index in [0.717, 1.165) is 38.2 Å². The van der Waals surface area contributed by atoms with Crippen LogP contribution in [0.2, 0.25) is 0 Å². The van der Waals surface area contributed by atoms with E-state index in [1.54, 1.807) is 7.11 Å². The average molecular weight is 277 g/mol. The molecule has 1 heterocycles. The van der Waals surface area contributed by atoms with Crippen molar-refractivity contribution in [2.45, 2.75) is 51.2 Å². The van der Waals surface area contributed by atoms with Gasteiger partial charge in [-0.2, -0.15) is 0 Å². The average Bonchev–Trinajstić information content (AvgIpc) is 2.45. The highest BCUT2D eigenvalue weighted by atomic mass is 16.5. The number of nitrogens with one attached hydrogen (secondary N) is 1. The molecule has 1 saturated heterocycles. The van der Waals surface area contributed by atoms with Crippen molar-refractivity contribution in [3.05, 3.63) is 29.8 Å². The van der Waals surface area contributed by atoms with Gasteiger partial charge >= 0.3 is 0 Å². The summed E-state index contributed by atoms with van der Waals surface area (Å²) in [5, 5.41) is 3.63. The molecule has 1 aliphatic rings. The summed E-state index contributed by atoms with van der Waals surface area (Å²) in [6, 6.07) is 8.90. The van der Waals surface area contributed by atoms with E-state index in [1.165, 1.54) is 12.0 Å². The quantitative estimate of drug-likeness (QED) is 0.866. The van der Waals surface area contributed by atoms with E-state index in [4.69, 9.17) is 9.47 Å². The molecule has 3 nitrogen and oxygen atoms in total. The first kappa shape index (κ1) is 15.3. The van der Waals surface area contributed by atoms with Crippen molar-refractivity contribution in [1.29, 1.82) is 0 Å². The molecule has 0 bridgehead atoms. The molecule has 0 aliphatic carbocycles. The van der Waals surface area contributed by atoms with Gasteiger partial charge < -0.3 is 14.8 Å². The summed E-state index contributed by atoms with van der Waals surface area (Å²) < 4.78 is 11.3. The van der Waals surface area contributed by atoms with E-state index < -0.39 is 0 Å². The summed E-state index contributed by atoms with van der Waals surface area (Å²) in [6.45, 7) is 6.40. The van der Waals surface area contributed by atoms with Gasteiger partial charge in [0.15, 0.2) is 0 Å². The predicted octanol–water partition coefficient (Wildman–Crippen LogP) is 3.18. The molecule has 0 spiro atoms. The van der Waals surface area contributed by atoms with Crippen LogP contribution in [0, 0.1) is 0 Å². The second kappa shape index (κ2) is 7.09. The second-order valence-electron chi connectivity index (χ2n) is 5.97. The van der Waals surface area contributed by atoms with Crippen molar-refractivity contribution in [2.75, 3.05) is 20.3 Å². The van der Waals surface area contributed by atoms with E-state index in [0.29, 0.717) is 6.04 Å². The zero-order valence-electron chi connectivity index (χ0n) is 12.9. The lowest BCUT2D eigenvalue weighted by atomic mass is 9.86. The lowest BCUT2D eigenvalue weighted by Gasteiger charge is -2.39. The molecule has 0 saturated carbocycles. The minimum Gasteiger partial charge on any atom is -0.497 e. The largest absolute Gasteiger partial charge is 0.497 e. The predicted molar refractivity (Wildman–Crippen MR) is 82.4 cm³/mol. The maximum Gasteiger partial charge on any atom is 0.118 e. The molecule has 1 aromatic rings. The number of rotatable bonds is 6. The molecule has 112 valence electrons. The Bertz CT molecular complexity index is 404. The third-order valence-corrected chi connectivity index (χ3v) is 4.02. The summed E-state index contributed by atoms with van der Waals surface area (Å²) in [4.78, 5) is 0. The van der Waals surface area contributed by atoms with E-state index in [-0.39, 0.29) is 5.60 Å². The van der Waals surface area contributed by atoms with Gasteiger partial charge in [0.25, 0.3) is 0 Å². The number of methoxy groups -OCH3 is 1. The monoisotopic (exact) mass is 277 g/mol. The van der Waals surface area contributed by atoms with Crippen LogP contribution >= 0.6 is 0 Å². The van der Waals surface area contributed by atoms with E-state index in [1.807, 2.05) is 12.1 Å². The van der Waals surface area contributed by atoms with Crippen LogP contribution in [0.5, 0.6) is 5.75 Å². The highest BCUT2D eigenvalue weighted by molar-refractivity contribution is 5.28. The molecule has 1 aromatic carbocycles. The van der Waals surface area contributed by atoms with Gasteiger partial charge in [-0.15, -0.1) is 0 Å². The molecular weight excluding hydrogens is 250 g/mol. The number of hydrogen-bond donors (Lipinski definition) is 1. The smallest absolute Gasteiger partial charge is 0.118 e. The minimum atomic E-state index is -0.0573. The maximum absolute atomic E-state index is 6.06. The Balaban J connectivity index is 1.94. The summed E-state index contributed by atoms with van der Waals surface area (Å²) in [6.07, 6.45) is 4.35. The van der Waals surface area contributed by atoms with Gasteiger partial charge in [0.1, 0.15) is 5.75 Å². The Hall–Kier alpha value is -1.06. The number of ether oxygens (including phenoxy) is 2. The molecular formula is C17H27NO2. The maximum atomic E-state index is 6.06. The topological polar surface area (TPSA) is 30.5 Å². The Labute approximate surface area is 122 Å². The van der Waals surface area contributed by atoms with Gasteiger partial charge in [0, 0.05) is 19.1 Å². The fourth-order valence-electron chi connectivity index (χ4n) is 2.95. The Kier molecular flexibility index (Phi) is 5.44. The Morgan fingerprint density at radius 3 is 2.75 bits per heavy atom. The molecule has 1 fully saturated rings. The second-order valence-corrected chi connectivity index (χ2v) is 5.97. The molecule has 0 amide bonds. The van der Waals surface area contributed by atoms with Gasteiger partial charge in [-0.05, 0) is 50.4 Å². The molecule has 2 rings (SSSR count). The Morgan fingerprint density at radius 2 is 2.10 bits per heavy atom. The SMILES string of the molecule is CCCNC1CCOC(C)(Cc2ccc(OC)cc2)C1. The fourth-order valence-corrected chi connectivity index (χ4v) is 2.95. The van der Waals surface area contributed by atoms with Gasteiger partial charge in [-0.25, -0.2) is 0 Å². The van der Waals surface area contributed by atoms with Gasteiger partial charge in [-0.1, -0.05) is 19.1 Å². The van der Waals surface area contributed by atoms with E-state index in [2.05, 4.69) is 31.3 Å². The Morgan fingerprint density at radius 1 is 1.35 bits per heavy atom. The van der Waals surface area contributed by atoms with Crippen LogP contribution in [-0.2, 0) is 11.2 Å². The van der Waals surface area contributed by atoms with Crippen LogP contribution in [0.25, 0.3) is 0 Å². The summed E-state index contributed by atoms with van der Waals surface area (Å²) in [5.41, 5.74) is 1.25. The lowest BCUT2D eigenvalue weighted by Crippen LogP contribution is -2.46. The van der Waals surface area contributed by atoms with E-state index >= 15 is 0 Å². The van der Waals surface area contributed by atoms with Crippen molar-refractivity contribution in [3.63, 3.8) is 0 Å². The van der Waals surface area contributed by atoms with E-state index in [9.17, 15) is 0 Å². The first-order valence-electron chi connectivity index (χ1n) is 7.65. The molecule has 0 aromatic heterocycles. The van der Waals surface area contributed by atoms with Crippen LogP contribution in [0.1, 0.15) is 38.7 Å². The molecule has 20 heavy (non-hydrogen) atoms. The third kappa shape index (κ3) is 4.22. The van der Waals surface area contributed by atoms with Crippen LogP contribution < -0.4 is 10.1 Å². The van der Waals surface area contributed by atoms with Gasteiger partial charge in [0.2, 0.25) is 0 Å². The zero-order chi connectivity index (χ0) is 14.4. The molecule has 3 heteroatoms. The lowest BCUT2D eigenvalue weighted by molar-refractivity contribution is -0.0752.